The second-order valence-corrected chi connectivity index (χ2v) is 7.46. The van der Waals surface area contributed by atoms with Crippen LogP contribution in [0.15, 0.2) is 36.0 Å². The summed E-state index contributed by atoms with van der Waals surface area (Å²) in [5.74, 6) is -1.01. The van der Waals surface area contributed by atoms with E-state index < -0.39 is 5.97 Å². The molecule has 2 N–H and O–H groups in total. The molecule has 1 fully saturated rings. The van der Waals surface area contributed by atoms with Gasteiger partial charge in [-0.05, 0) is 48.8 Å². The number of carbonyl (C=O) groups is 3. The van der Waals surface area contributed by atoms with E-state index in [9.17, 15) is 14.4 Å². The molecular weight excluding hydrogens is 366 g/mol. The fourth-order valence-corrected chi connectivity index (χ4v) is 4.04. The summed E-state index contributed by atoms with van der Waals surface area (Å²) < 4.78 is 0. The maximum Gasteiger partial charge on any atom is 0.303 e. The maximum absolute atomic E-state index is 12.9. The van der Waals surface area contributed by atoms with Crippen LogP contribution in [0.4, 0.5) is 5.69 Å². The Kier molecular flexibility index (Phi) is 6.18. The number of hydrogen-bond donors (Lipinski definition) is 2. The number of likely N-dealkylation sites (tertiary alicyclic amines) is 1. The molecule has 142 valence electrons. The molecule has 0 aliphatic carbocycles. The molecule has 2 aromatic heterocycles. The summed E-state index contributed by atoms with van der Waals surface area (Å²) in [6.45, 7) is 1.21. The predicted octanol–water partition coefficient (Wildman–Crippen LogP) is 3.11. The van der Waals surface area contributed by atoms with Gasteiger partial charge in [-0.3, -0.25) is 19.4 Å². The van der Waals surface area contributed by atoms with E-state index in [2.05, 4.69) is 10.3 Å². The summed E-state index contributed by atoms with van der Waals surface area (Å²) in [4.78, 5) is 42.2. The molecule has 1 saturated heterocycles. The number of nitrogens with one attached hydrogen (secondary N) is 1. The third-order valence-electron chi connectivity index (χ3n) is 4.62. The smallest absolute Gasteiger partial charge is 0.303 e. The van der Waals surface area contributed by atoms with Crippen LogP contribution in [-0.4, -0.2) is 45.9 Å². The SMILES string of the molecule is O=C(O)CCC1CCCN(C(=O)c2sccc2NC(=O)c2ccncc2)C1. The van der Waals surface area contributed by atoms with Crippen LogP contribution >= 0.6 is 11.3 Å². The number of carboxylic acid groups (broad SMARTS) is 1. The van der Waals surface area contributed by atoms with Crippen molar-refractivity contribution in [3.63, 3.8) is 0 Å². The van der Waals surface area contributed by atoms with Crippen molar-refractivity contribution in [3.8, 4) is 0 Å². The minimum atomic E-state index is -0.808. The quantitative estimate of drug-likeness (QED) is 0.793. The van der Waals surface area contributed by atoms with Crippen LogP contribution in [0.2, 0.25) is 0 Å². The number of rotatable bonds is 6. The highest BCUT2D eigenvalue weighted by Gasteiger charge is 2.27. The van der Waals surface area contributed by atoms with Crippen molar-refractivity contribution < 1.29 is 19.5 Å². The third kappa shape index (κ3) is 4.91. The lowest BCUT2D eigenvalue weighted by atomic mass is 9.93. The Morgan fingerprint density at radius 2 is 2.04 bits per heavy atom. The molecule has 2 aromatic rings. The number of anilines is 1. The minimum Gasteiger partial charge on any atom is -0.481 e. The third-order valence-corrected chi connectivity index (χ3v) is 5.53. The van der Waals surface area contributed by atoms with Crippen LogP contribution in [0.5, 0.6) is 0 Å². The second-order valence-electron chi connectivity index (χ2n) is 6.55. The minimum absolute atomic E-state index is 0.116. The molecule has 8 heteroatoms. The molecule has 0 aromatic carbocycles. The summed E-state index contributed by atoms with van der Waals surface area (Å²) in [6, 6.07) is 4.95. The van der Waals surface area contributed by atoms with Gasteiger partial charge >= 0.3 is 5.97 Å². The molecule has 1 aliphatic rings. The normalized spacial score (nSPS) is 16.7. The first kappa shape index (κ1) is 19.0. The summed E-state index contributed by atoms with van der Waals surface area (Å²) in [5.41, 5.74) is 0.973. The first-order chi connectivity index (χ1) is 13.0. The molecule has 3 rings (SSSR count). The van der Waals surface area contributed by atoms with E-state index in [4.69, 9.17) is 5.11 Å². The van der Waals surface area contributed by atoms with E-state index in [-0.39, 0.29) is 24.2 Å². The van der Waals surface area contributed by atoms with E-state index in [0.29, 0.717) is 35.6 Å². The number of carboxylic acids is 1. The number of aromatic nitrogens is 1. The number of aliphatic carboxylic acids is 1. The van der Waals surface area contributed by atoms with Crippen LogP contribution in [0, 0.1) is 5.92 Å². The fourth-order valence-electron chi connectivity index (χ4n) is 3.23. The zero-order valence-corrected chi connectivity index (χ0v) is 15.6. The van der Waals surface area contributed by atoms with Crippen molar-refractivity contribution >= 4 is 34.8 Å². The van der Waals surface area contributed by atoms with Crippen molar-refractivity contribution in [2.45, 2.75) is 25.7 Å². The Morgan fingerprint density at radius 1 is 1.26 bits per heavy atom. The number of hydrogen-bond acceptors (Lipinski definition) is 5. The molecule has 7 nitrogen and oxygen atoms in total. The van der Waals surface area contributed by atoms with Crippen LogP contribution in [-0.2, 0) is 4.79 Å². The van der Waals surface area contributed by atoms with Crippen LogP contribution in [0.25, 0.3) is 0 Å². The van der Waals surface area contributed by atoms with Gasteiger partial charge in [-0.15, -0.1) is 11.3 Å². The molecule has 1 aliphatic heterocycles. The van der Waals surface area contributed by atoms with Gasteiger partial charge in [-0.2, -0.15) is 0 Å². The van der Waals surface area contributed by atoms with E-state index in [0.717, 1.165) is 12.8 Å². The van der Waals surface area contributed by atoms with Gasteiger partial charge in [0.25, 0.3) is 11.8 Å². The zero-order chi connectivity index (χ0) is 19.2. The van der Waals surface area contributed by atoms with Gasteiger partial charge in [0.2, 0.25) is 0 Å². The van der Waals surface area contributed by atoms with Crippen molar-refractivity contribution in [3.05, 3.63) is 46.4 Å². The van der Waals surface area contributed by atoms with Crippen molar-refractivity contribution in [1.29, 1.82) is 0 Å². The average Bonchev–Trinajstić information content (AvgIpc) is 3.14. The van der Waals surface area contributed by atoms with Gasteiger partial charge in [-0.25, -0.2) is 0 Å². The standard InChI is InChI=1S/C19H21N3O4S/c23-16(24)4-3-13-2-1-10-22(12-13)19(26)17-15(7-11-27-17)21-18(25)14-5-8-20-9-6-14/h5-9,11,13H,1-4,10,12H2,(H,21,25)(H,23,24). The van der Waals surface area contributed by atoms with Gasteiger partial charge < -0.3 is 15.3 Å². The van der Waals surface area contributed by atoms with E-state index in [1.807, 2.05) is 0 Å². The number of carbonyl (C=O) groups excluding carboxylic acids is 2. The zero-order valence-electron chi connectivity index (χ0n) is 14.8. The molecule has 1 unspecified atom stereocenters. The Hall–Kier alpha value is -2.74. The molecule has 0 spiro atoms. The fraction of sp³-hybridized carbons (Fsp3) is 0.368. The first-order valence-electron chi connectivity index (χ1n) is 8.84. The van der Waals surface area contributed by atoms with E-state index >= 15 is 0 Å². The Balaban J connectivity index is 1.66. The molecule has 27 heavy (non-hydrogen) atoms. The summed E-state index contributed by atoms with van der Waals surface area (Å²) >= 11 is 1.30. The molecule has 3 heterocycles. The number of nitrogens with zero attached hydrogens (tertiary/aromatic N) is 2. The number of thiophene rings is 1. The molecule has 2 amide bonds. The number of piperidine rings is 1. The van der Waals surface area contributed by atoms with Gasteiger partial charge in [0.05, 0.1) is 5.69 Å². The maximum atomic E-state index is 12.9. The average molecular weight is 387 g/mol. The summed E-state index contributed by atoms with van der Waals surface area (Å²) in [7, 11) is 0. The second kappa shape index (κ2) is 8.77. The highest BCUT2D eigenvalue weighted by molar-refractivity contribution is 7.12. The van der Waals surface area contributed by atoms with Crippen molar-refractivity contribution in [2.75, 3.05) is 18.4 Å². The lowest BCUT2D eigenvalue weighted by Crippen LogP contribution is -2.40. The van der Waals surface area contributed by atoms with E-state index in [1.54, 1.807) is 40.9 Å². The van der Waals surface area contributed by atoms with Gasteiger partial charge in [0.15, 0.2) is 0 Å². The van der Waals surface area contributed by atoms with Gasteiger partial charge in [-0.1, -0.05) is 0 Å². The lowest BCUT2D eigenvalue weighted by molar-refractivity contribution is -0.137. The molecule has 1 atom stereocenters. The molecular formula is C19H21N3O4S. The first-order valence-corrected chi connectivity index (χ1v) is 9.72. The van der Waals surface area contributed by atoms with Crippen LogP contribution in [0.3, 0.4) is 0 Å². The highest BCUT2D eigenvalue weighted by atomic mass is 32.1. The predicted molar refractivity (Wildman–Crippen MR) is 102 cm³/mol. The highest BCUT2D eigenvalue weighted by Crippen LogP contribution is 2.28. The largest absolute Gasteiger partial charge is 0.481 e. The van der Waals surface area contributed by atoms with Gasteiger partial charge in [0.1, 0.15) is 4.88 Å². The Bertz CT molecular complexity index is 821. The van der Waals surface area contributed by atoms with Crippen molar-refractivity contribution in [2.24, 2.45) is 5.92 Å². The van der Waals surface area contributed by atoms with E-state index in [1.165, 1.54) is 11.3 Å². The number of pyridine rings is 1. The summed E-state index contributed by atoms with van der Waals surface area (Å²) in [5, 5.41) is 13.4. The Morgan fingerprint density at radius 3 is 2.78 bits per heavy atom. The van der Waals surface area contributed by atoms with Crippen LogP contribution < -0.4 is 5.32 Å². The topological polar surface area (TPSA) is 99.6 Å². The number of amides is 2. The Labute approximate surface area is 161 Å². The monoisotopic (exact) mass is 387 g/mol. The lowest BCUT2D eigenvalue weighted by Gasteiger charge is -2.32. The van der Waals surface area contributed by atoms with Gasteiger partial charge in [0, 0.05) is 37.5 Å². The van der Waals surface area contributed by atoms with Crippen molar-refractivity contribution in [1.82, 2.24) is 9.88 Å². The summed E-state index contributed by atoms with van der Waals surface area (Å²) in [6.07, 6.45) is 5.58. The molecule has 0 bridgehead atoms. The molecule has 0 saturated carbocycles. The van der Waals surface area contributed by atoms with Crippen LogP contribution in [0.1, 0.15) is 45.7 Å². The molecule has 0 radical (unpaired) electrons.